The Kier molecular flexibility index (Phi) is 7.02. The molecule has 0 amide bonds. The van der Waals surface area contributed by atoms with Gasteiger partial charge < -0.3 is 10.6 Å². The quantitative estimate of drug-likeness (QED) is 0.673. The van der Waals surface area contributed by atoms with Gasteiger partial charge in [-0.1, -0.05) is 90.1 Å². The van der Waals surface area contributed by atoms with E-state index in [1.54, 1.807) is 0 Å². The number of benzene rings is 2. The lowest BCUT2D eigenvalue weighted by atomic mass is 9.87. The third kappa shape index (κ3) is 6.59. The summed E-state index contributed by atoms with van der Waals surface area (Å²) in [6, 6.07) is 17.9. The van der Waals surface area contributed by atoms with E-state index in [2.05, 4.69) is 101 Å². The van der Waals surface area contributed by atoms with Gasteiger partial charge in [0.25, 0.3) is 0 Å². The van der Waals surface area contributed by atoms with Crippen LogP contribution in [0.4, 0.5) is 0 Å². The van der Waals surface area contributed by atoms with Gasteiger partial charge in [-0.15, -0.1) is 0 Å². The van der Waals surface area contributed by atoms with E-state index < -0.39 is 0 Å². The summed E-state index contributed by atoms with van der Waals surface area (Å²) in [6.45, 7) is 17.3. The highest BCUT2D eigenvalue weighted by molar-refractivity contribution is 5.28. The molecule has 0 radical (unpaired) electrons. The van der Waals surface area contributed by atoms with Crippen molar-refractivity contribution >= 4 is 0 Å². The molecule has 0 saturated carbocycles. The third-order valence-corrected chi connectivity index (χ3v) is 4.78. The second kappa shape index (κ2) is 8.83. The van der Waals surface area contributed by atoms with Crippen LogP contribution in [0.5, 0.6) is 0 Å². The predicted molar refractivity (Wildman–Crippen MR) is 114 cm³/mol. The van der Waals surface area contributed by atoms with Gasteiger partial charge in [-0.25, -0.2) is 0 Å². The molecule has 0 aliphatic heterocycles. The molecular formula is C24H36N2. The smallest absolute Gasteiger partial charge is 0.0206 e. The van der Waals surface area contributed by atoms with E-state index in [0.717, 1.165) is 26.2 Å². The van der Waals surface area contributed by atoms with Crippen LogP contribution < -0.4 is 10.6 Å². The highest BCUT2D eigenvalue weighted by Crippen LogP contribution is 2.22. The Hall–Kier alpha value is -1.64. The second-order valence-electron chi connectivity index (χ2n) is 9.25. The summed E-state index contributed by atoms with van der Waals surface area (Å²) in [7, 11) is 0. The van der Waals surface area contributed by atoms with Crippen LogP contribution in [0.3, 0.4) is 0 Å². The summed E-state index contributed by atoms with van der Waals surface area (Å²) in [4.78, 5) is 0. The maximum Gasteiger partial charge on any atom is 0.0206 e. The van der Waals surface area contributed by atoms with Crippen molar-refractivity contribution in [1.29, 1.82) is 0 Å². The maximum absolute atomic E-state index is 3.51. The topological polar surface area (TPSA) is 24.1 Å². The highest BCUT2D eigenvalue weighted by atomic mass is 14.9. The van der Waals surface area contributed by atoms with Crippen molar-refractivity contribution in [3.8, 4) is 0 Å². The predicted octanol–water partition coefficient (Wildman–Crippen LogP) is 5.16. The molecule has 2 nitrogen and oxygen atoms in total. The summed E-state index contributed by atoms with van der Waals surface area (Å²) in [5.41, 5.74) is 5.91. The van der Waals surface area contributed by atoms with Crippen molar-refractivity contribution in [2.75, 3.05) is 13.1 Å². The summed E-state index contributed by atoms with van der Waals surface area (Å²) >= 11 is 0. The fourth-order valence-electron chi connectivity index (χ4n) is 2.89. The lowest BCUT2D eigenvalue weighted by Gasteiger charge is -2.19. The van der Waals surface area contributed by atoms with E-state index in [-0.39, 0.29) is 10.8 Å². The van der Waals surface area contributed by atoms with Crippen molar-refractivity contribution in [3.63, 3.8) is 0 Å². The van der Waals surface area contributed by atoms with Crippen molar-refractivity contribution in [2.24, 2.45) is 0 Å². The van der Waals surface area contributed by atoms with Crippen molar-refractivity contribution in [1.82, 2.24) is 10.6 Å². The van der Waals surface area contributed by atoms with Gasteiger partial charge >= 0.3 is 0 Å². The Morgan fingerprint density at radius 3 is 1.12 bits per heavy atom. The second-order valence-corrected chi connectivity index (χ2v) is 9.25. The van der Waals surface area contributed by atoms with Gasteiger partial charge in [0, 0.05) is 26.2 Å². The van der Waals surface area contributed by atoms with Crippen molar-refractivity contribution in [3.05, 3.63) is 70.8 Å². The zero-order valence-corrected chi connectivity index (χ0v) is 17.4. The van der Waals surface area contributed by atoms with Crippen molar-refractivity contribution in [2.45, 2.75) is 65.5 Å². The number of hydrogen-bond donors (Lipinski definition) is 2. The highest BCUT2D eigenvalue weighted by Gasteiger charge is 2.13. The molecule has 26 heavy (non-hydrogen) atoms. The first kappa shape index (κ1) is 20.7. The Labute approximate surface area is 160 Å². The monoisotopic (exact) mass is 352 g/mol. The van der Waals surface area contributed by atoms with E-state index in [4.69, 9.17) is 0 Å². The van der Waals surface area contributed by atoms with Crippen LogP contribution in [0, 0.1) is 0 Å². The molecule has 0 aromatic heterocycles. The van der Waals surface area contributed by atoms with Crippen LogP contribution in [0.1, 0.15) is 63.8 Å². The van der Waals surface area contributed by atoms with Gasteiger partial charge in [0.1, 0.15) is 0 Å². The molecule has 142 valence electrons. The molecule has 2 aromatic carbocycles. The summed E-state index contributed by atoms with van der Waals surface area (Å²) < 4.78 is 0. The zero-order chi connectivity index (χ0) is 19.2. The molecule has 2 N–H and O–H groups in total. The molecule has 2 aromatic rings. The summed E-state index contributed by atoms with van der Waals surface area (Å²) in [5, 5.41) is 7.03. The third-order valence-electron chi connectivity index (χ3n) is 4.78. The van der Waals surface area contributed by atoms with Gasteiger partial charge in [-0.2, -0.15) is 0 Å². The van der Waals surface area contributed by atoms with Crippen molar-refractivity contribution < 1.29 is 0 Å². The summed E-state index contributed by atoms with van der Waals surface area (Å²) in [5.74, 6) is 0. The SMILES string of the molecule is CC(C)(C)c1ccc(CNCCNCc2ccc(C(C)(C)C)cc2)cc1. The lowest BCUT2D eigenvalue weighted by molar-refractivity contribution is 0.587. The van der Waals surface area contributed by atoms with Crippen LogP contribution in [-0.2, 0) is 23.9 Å². The first-order valence-corrected chi connectivity index (χ1v) is 9.76. The first-order valence-electron chi connectivity index (χ1n) is 9.76. The molecule has 2 rings (SSSR count). The number of rotatable bonds is 7. The number of nitrogens with one attached hydrogen (secondary N) is 2. The van der Waals surface area contributed by atoms with Crippen LogP contribution in [0.2, 0.25) is 0 Å². The van der Waals surface area contributed by atoms with Gasteiger partial charge in [0.05, 0.1) is 0 Å². The molecule has 0 saturated heterocycles. The first-order chi connectivity index (χ1) is 12.2. The van der Waals surface area contributed by atoms with E-state index >= 15 is 0 Å². The molecule has 0 atom stereocenters. The Morgan fingerprint density at radius 2 is 0.846 bits per heavy atom. The average molecular weight is 353 g/mol. The molecule has 0 unspecified atom stereocenters. The number of hydrogen-bond acceptors (Lipinski definition) is 2. The minimum Gasteiger partial charge on any atom is -0.311 e. The average Bonchev–Trinajstić information content (AvgIpc) is 2.57. The van der Waals surface area contributed by atoms with Gasteiger partial charge in [0.2, 0.25) is 0 Å². The molecule has 0 fully saturated rings. The van der Waals surface area contributed by atoms with Gasteiger partial charge in [-0.05, 0) is 33.1 Å². The van der Waals surface area contributed by atoms with E-state index in [1.807, 2.05) is 0 Å². The largest absolute Gasteiger partial charge is 0.311 e. The minimum atomic E-state index is 0.223. The molecular weight excluding hydrogens is 316 g/mol. The maximum atomic E-state index is 3.51. The molecule has 0 bridgehead atoms. The Balaban J connectivity index is 1.65. The van der Waals surface area contributed by atoms with Gasteiger partial charge in [0.15, 0.2) is 0 Å². The van der Waals surface area contributed by atoms with Crippen LogP contribution in [0.15, 0.2) is 48.5 Å². The molecule has 0 aliphatic carbocycles. The van der Waals surface area contributed by atoms with Crippen LogP contribution >= 0.6 is 0 Å². The van der Waals surface area contributed by atoms with Crippen LogP contribution in [-0.4, -0.2) is 13.1 Å². The Morgan fingerprint density at radius 1 is 0.538 bits per heavy atom. The fraction of sp³-hybridized carbons (Fsp3) is 0.500. The lowest BCUT2D eigenvalue weighted by Crippen LogP contribution is -2.26. The molecule has 2 heteroatoms. The molecule has 0 aliphatic rings. The van der Waals surface area contributed by atoms with E-state index in [1.165, 1.54) is 22.3 Å². The zero-order valence-electron chi connectivity index (χ0n) is 17.4. The van der Waals surface area contributed by atoms with E-state index in [9.17, 15) is 0 Å². The molecule has 0 spiro atoms. The molecule has 0 heterocycles. The Bertz CT molecular complexity index is 594. The minimum absolute atomic E-state index is 0.223. The normalized spacial score (nSPS) is 12.4. The van der Waals surface area contributed by atoms with Crippen LogP contribution in [0.25, 0.3) is 0 Å². The van der Waals surface area contributed by atoms with Gasteiger partial charge in [-0.3, -0.25) is 0 Å². The van der Waals surface area contributed by atoms with E-state index in [0.29, 0.717) is 0 Å². The standard InChI is InChI=1S/C24H36N2/c1-23(2,3)21-11-7-19(8-12-21)17-25-15-16-26-18-20-9-13-22(14-10-20)24(4,5)6/h7-14,25-26H,15-18H2,1-6H3. The summed E-state index contributed by atoms with van der Waals surface area (Å²) in [6.07, 6.45) is 0. The fourth-order valence-corrected chi connectivity index (χ4v) is 2.89.